The number of amides is 1. The summed E-state index contributed by atoms with van der Waals surface area (Å²) in [6.07, 6.45) is 0.284. The van der Waals surface area contributed by atoms with Gasteiger partial charge in [0.15, 0.2) is 5.82 Å². The highest BCUT2D eigenvalue weighted by molar-refractivity contribution is 6.02. The average molecular weight is 359 g/mol. The van der Waals surface area contributed by atoms with E-state index in [1.54, 1.807) is 12.1 Å². The third-order valence-corrected chi connectivity index (χ3v) is 4.53. The zero-order chi connectivity index (χ0) is 18.8. The first-order valence-electron chi connectivity index (χ1n) is 8.68. The number of hydrogen-bond acceptors (Lipinski definition) is 2. The second-order valence-electron chi connectivity index (χ2n) is 6.50. The summed E-state index contributed by atoms with van der Waals surface area (Å²) < 4.78 is 13.2. The largest absolute Gasteiger partial charge is 0.308 e. The van der Waals surface area contributed by atoms with E-state index < -0.39 is 0 Å². The smallest absolute Gasteiger partial charge is 0.230 e. The molecule has 2 N–H and O–H groups in total. The Kier molecular flexibility index (Phi) is 4.42. The molecule has 0 aliphatic heterocycles. The molecular formula is C22H18FN3O. The zero-order valence-corrected chi connectivity index (χ0v) is 14.8. The molecule has 0 bridgehead atoms. The van der Waals surface area contributed by atoms with Crippen molar-refractivity contribution in [2.75, 3.05) is 5.32 Å². The van der Waals surface area contributed by atoms with Crippen LogP contribution in [-0.4, -0.2) is 16.1 Å². The standard InChI is InChI=1S/C22H18FN3O/c1-14-11-20-19(13-18(14)16-7-9-17(23)10-8-16)22(26-25-20)24-21(27)12-15-5-3-2-4-6-15/h2-11,13H,12H2,1H3,(H2,24,25,26,27). The van der Waals surface area contributed by atoms with E-state index in [1.807, 2.05) is 49.4 Å². The number of halogens is 1. The normalized spacial score (nSPS) is 10.9. The van der Waals surface area contributed by atoms with Gasteiger partial charge in [0, 0.05) is 5.39 Å². The molecule has 0 radical (unpaired) electrons. The summed E-state index contributed by atoms with van der Waals surface area (Å²) in [6, 6.07) is 19.9. The van der Waals surface area contributed by atoms with Gasteiger partial charge in [0.2, 0.25) is 5.91 Å². The van der Waals surface area contributed by atoms with E-state index >= 15 is 0 Å². The number of aromatic nitrogens is 2. The van der Waals surface area contributed by atoms with Gasteiger partial charge in [-0.2, -0.15) is 5.10 Å². The van der Waals surface area contributed by atoms with Crippen molar-refractivity contribution in [1.29, 1.82) is 0 Å². The molecule has 0 aliphatic carbocycles. The molecule has 1 aromatic heterocycles. The quantitative estimate of drug-likeness (QED) is 0.547. The van der Waals surface area contributed by atoms with Crippen molar-refractivity contribution in [3.63, 3.8) is 0 Å². The van der Waals surface area contributed by atoms with E-state index in [2.05, 4.69) is 15.5 Å². The Morgan fingerprint density at radius 2 is 1.81 bits per heavy atom. The molecule has 1 amide bonds. The lowest BCUT2D eigenvalue weighted by atomic mass is 9.98. The number of H-pyrrole nitrogens is 1. The van der Waals surface area contributed by atoms with Crippen LogP contribution >= 0.6 is 0 Å². The van der Waals surface area contributed by atoms with Gasteiger partial charge in [0.25, 0.3) is 0 Å². The van der Waals surface area contributed by atoms with Gasteiger partial charge in [-0.25, -0.2) is 4.39 Å². The monoisotopic (exact) mass is 359 g/mol. The molecule has 3 aromatic carbocycles. The van der Waals surface area contributed by atoms with Crippen molar-refractivity contribution >= 4 is 22.6 Å². The Bertz CT molecular complexity index is 1100. The number of hydrogen-bond donors (Lipinski definition) is 2. The number of aromatic amines is 1. The number of anilines is 1. The fourth-order valence-electron chi connectivity index (χ4n) is 3.17. The molecule has 4 nitrogen and oxygen atoms in total. The van der Waals surface area contributed by atoms with Crippen molar-refractivity contribution in [1.82, 2.24) is 10.2 Å². The van der Waals surface area contributed by atoms with Gasteiger partial charge in [0.1, 0.15) is 5.82 Å². The summed E-state index contributed by atoms with van der Waals surface area (Å²) in [5.41, 5.74) is 4.71. The maximum absolute atomic E-state index is 13.2. The second-order valence-corrected chi connectivity index (χ2v) is 6.50. The van der Waals surface area contributed by atoms with Crippen LogP contribution in [0.15, 0.2) is 66.7 Å². The lowest BCUT2D eigenvalue weighted by Crippen LogP contribution is -2.14. The summed E-state index contributed by atoms with van der Waals surface area (Å²) in [7, 11) is 0. The van der Waals surface area contributed by atoms with Crippen LogP contribution in [0.2, 0.25) is 0 Å². The van der Waals surface area contributed by atoms with Crippen molar-refractivity contribution in [3.05, 3.63) is 83.7 Å². The number of rotatable bonds is 4. The molecule has 4 rings (SSSR count). The summed E-state index contributed by atoms with van der Waals surface area (Å²) in [6.45, 7) is 1.99. The van der Waals surface area contributed by atoms with E-state index in [4.69, 9.17) is 0 Å². The zero-order valence-electron chi connectivity index (χ0n) is 14.8. The summed E-state index contributed by atoms with van der Waals surface area (Å²) >= 11 is 0. The minimum Gasteiger partial charge on any atom is -0.308 e. The molecule has 5 heteroatoms. The lowest BCUT2D eigenvalue weighted by Gasteiger charge is -2.08. The lowest BCUT2D eigenvalue weighted by molar-refractivity contribution is -0.115. The van der Waals surface area contributed by atoms with Crippen molar-refractivity contribution < 1.29 is 9.18 Å². The number of nitrogens with zero attached hydrogens (tertiary/aromatic N) is 1. The molecule has 134 valence electrons. The van der Waals surface area contributed by atoms with Crippen LogP contribution < -0.4 is 5.32 Å². The van der Waals surface area contributed by atoms with Crippen molar-refractivity contribution in [2.24, 2.45) is 0 Å². The van der Waals surface area contributed by atoms with Gasteiger partial charge in [-0.15, -0.1) is 0 Å². The topological polar surface area (TPSA) is 57.8 Å². The van der Waals surface area contributed by atoms with Crippen LogP contribution in [0.1, 0.15) is 11.1 Å². The predicted molar refractivity (Wildman–Crippen MR) is 105 cm³/mol. The van der Waals surface area contributed by atoms with E-state index in [9.17, 15) is 9.18 Å². The molecule has 4 aromatic rings. The highest BCUT2D eigenvalue weighted by Crippen LogP contribution is 2.31. The van der Waals surface area contributed by atoms with Crippen LogP contribution in [-0.2, 0) is 11.2 Å². The number of nitrogens with one attached hydrogen (secondary N) is 2. The van der Waals surface area contributed by atoms with E-state index in [0.29, 0.717) is 5.82 Å². The maximum Gasteiger partial charge on any atom is 0.230 e. The van der Waals surface area contributed by atoms with E-state index in [0.717, 1.165) is 33.2 Å². The molecule has 0 saturated heterocycles. The number of carbonyl (C=O) groups is 1. The van der Waals surface area contributed by atoms with Crippen LogP contribution in [0.4, 0.5) is 10.2 Å². The number of fused-ring (bicyclic) bond motifs is 1. The summed E-state index contributed by atoms with van der Waals surface area (Å²) in [5.74, 6) is 0.0995. The molecule has 0 unspecified atom stereocenters. The van der Waals surface area contributed by atoms with Crippen LogP contribution in [0.5, 0.6) is 0 Å². The maximum atomic E-state index is 13.2. The highest BCUT2D eigenvalue weighted by Gasteiger charge is 2.13. The van der Waals surface area contributed by atoms with Crippen molar-refractivity contribution in [3.8, 4) is 11.1 Å². The summed E-state index contributed by atoms with van der Waals surface area (Å²) in [5, 5.41) is 10.9. The third kappa shape index (κ3) is 3.58. The molecule has 0 saturated carbocycles. The number of aryl methyl sites for hydroxylation is 1. The fourth-order valence-corrected chi connectivity index (χ4v) is 3.17. The SMILES string of the molecule is Cc1cc2[nH]nc(NC(=O)Cc3ccccc3)c2cc1-c1ccc(F)cc1. The van der Waals surface area contributed by atoms with Gasteiger partial charge >= 0.3 is 0 Å². The first-order chi connectivity index (χ1) is 13.1. The minimum absolute atomic E-state index is 0.126. The Balaban J connectivity index is 1.65. The molecule has 0 atom stereocenters. The third-order valence-electron chi connectivity index (χ3n) is 4.53. The first-order valence-corrected chi connectivity index (χ1v) is 8.68. The van der Waals surface area contributed by atoms with Crippen LogP contribution in [0, 0.1) is 12.7 Å². The molecule has 0 aliphatic rings. The minimum atomic E-state index is -0.269. The first kappa shape index (κ1) is 17.0. The Labute approximate surface area is 156 Å². The molecule has 0 fully saturated rings. The van der Waals surface area contributed by atoms with Gasteiger partial charge in [0.05, 0.1) is 11.9 Å². The number of carbonyl (C=O) groups excluding carboxylic acids is 1. The Hall–Kier alpha value is -3.47. The van der Waals surface area contributed by atoms with E-state index in [1.165, 1.54) is 12.1 Å². The molecule has 0 spiro atoms. The fraction of sp³-hybridized carbons (Fsp3) is 0.0909. The van der Waals surface area contributed by atoms with Gasteiger partial charge in [-0.05, 0) is 53.4 Å². The second kappa shape index (κ2) is 7.03. The molecular weight excluding hydrogens is 341 g/mol. The van der Waals surface area contributed by atoms with Crippen LogP contribution in [0.3, 0.4) is 0 Å². The number of benzene rings is 3. The van der Waals surface area contributed by atoms with Crippen LogP contribution in [0.25, 0.3) is 22.0 Å². The Morgan fingerprint density at radius 3 is 2.56 bits per heavy atom. The highest BCUT2D eigenvalue weighted by atomic mass is 19.1. The average Bonchev–Trinajstić information content (AvgIpc) is 3.04. The molecule has 27 heavy (non-hydrogen) atoms. The summed E-state index contributed by atoms with van der Waals surface area (Å²) in [4.78, 5) is 12.4. The van der Waals surface area contributed by atoms with Crippen molar-refractivity contribution in [2.45, 2.75) is 13.3 Å². The van der Waals surface area contributed by atoms with Gasteiger partial charge in [-0.3, -0.25) is 9.89 Å². The van der Waals surface area contributed by atoms with Gasteiger partial charge < -0.3 is 5.32 Å². The molecule has 1 heterocycles. The predicted octanol–water partition coefficient (Wildman–Crippen LogP) is 4.86. The van der Waals surface area contributed by atoms with E-state index in [-0.39, 0.29) is 18.1 Å². The Morgan fingerprint density at radius 1 is 1.07 bits per heavy atom. The van der Waals surface area contributed by atoms with Gasteiger partial charge in [-0.1, -0.05) is 42.5 Å².